The zero-order chi connectivity index (χ0) is 22.6. The maximum absolute atomic E-state index is 12.6. The number of nitrogens with zero attached hydrogens (tertiary/aromatic N) is 2. The van der Waals surface area contributed by atoms with Crippen LogP contribution in [0.4, 0.5) is 5.69 Å². The maximum Gasteiger partial charge on any atom is 0.262 e. The molecule has 0 aromatic heterocycles. The lowest BCUT2D eigenvalue weighted by molar-refractivity contribution is -0.117. The summed E-state index contributed by atoms with van der Waals surface area (Å²) in [6.07, 6.45) is 2.66. The van der Waals surface area contributed by atoms with Gasteiger partial charge in [0.15, 0.2) is 0 Å². The normalized spacial score (nSPS) is 17.5. The van der Waals surface area contributed by atoms with Crippen molar-refractivity contribution in [2.75, 3.05) is 18.6 Å². The lowest BCUT2D eigenvalue weighted by atomic mass is 9.79. The van der Waals surface area contributed by atoms with Gasteiger partial charge in [0.25, 0.3) is 5.91 Å². The highest BCUT2D eigenvalue weighted by Gasteiger charge is 2.36. The first kappa shape index (κ1) is 22.4. The van der Waals surface area contributed by atoms with Crippen LogP contribution in [0, 0.1) is 11.3 Å². The summed E-state index contributed by atoms with van der Waals surface area (Å²) >= 11 is 0. The van der Waals surface area contributed by atoms with Gasteiger partial charge in [-0.15, -0.1) is 0 Å². The predicted molar refractivity (Wildman–Crippen MR) is 125 cm³/mol. The highest BCUT2D eigenvalue weighted by Crippen LogP contribution is 2.45. The molecule has 0 radical (unpaired) electrons. The number of hydrogen-bond acceptors (Lipinski definition) is 4. The zero-order valence-electron chi connectivity index (χ0n) is 19.0. The van der Waals surface area contributed by atoms with Gasteiger partial charge >= 0.3 is 0 Å². The Morgan fingerprint density at radius 3 is 2.65 bits per heavy atom. The molecule has 3 rings (SSSR count). The standard InChI is InChI=1S/C26H31N3O2/c1-6-29-23-14-24(31-5)20(13-22(23)18(2)15-26(29,3)4)12-21(16-27)25(30)28-17-19-10-8-7-9-11-19/h7-14,18H,6,15,17H2,1-5H3,(H,28,30)/b21-12+. The second-order valence-corrected chi connectivity index (χ2v) is 8.65. The highest BCUT2D eigenvalue weighted by atomic mass is 16.5. The van der Waals surface area contributed by atoms with Crippen molar-refractivity contribution in [3.8, 4) is 11.8 Å². The van der Waals surface area contributed by atoms with Crippen LogP contribution in [-0.4, -0.2) is 25.1 Å². The van der Waals surface area contributed by atoms with Crippen molar-refractivity contribution in [2.45, 2.75) is 52.1 Å². The van der Waals surface area contributed by atoms with E-state index >= 15 is 0 Å². The van der Waals surface area contributed by atoms with E-state index in [0.29, 0.717) is 18.2 Å². The molecule has 0 aliphatic carbocycles. The Balaban J connectivity index is 1.94. The molecular weight excluding hydrogens is 386 g/mol. The summed E-state index contributed by atoms with van der Waals surface area (Å²) in [6, 6.07) is 15.8. The molecule has 1 unspecified atom stereocenters. The molecule has 1 atom stereocenters. The first-order valence-electron chi connectivity index (χ1n) is 10.7. The van der Waals surface area contributed by atoms with Crippen molar-refractivity contribution < 1.29 is 9.53 Å². The fourth-order valence-electron chi connectivity index (χ4n) is 4.59. The van der Waals surface area contributed by atoms with E-state index in [-0.39, 0.29) is 11.1 Å². The van der Waals surface area contributed by atoms with Crippen LogP contribution in [0.15, 0.2) is 48.0 Å². The fraction of sp³-hybridized carbons (Fsp3) is 0.385. The summed E-state index contributed by atoms with van der Waals surface area (Å²) in [5.41, 5.74) is 4.22. The fourth-order valence-corrected chi connectivity index (χ4v) is 4.59. The van der Waals surface area contributed by atoms with E-state index in [1.165, 1.54) is 5.56 Å². The second kappa shape index (κ2) is 9.26. The topological polar surface area (TPSA) is 65.4 Å². The Kier molecular flexibility index (Phi) is 6.70. The van der Waals surface area contributed by atoms with Crippen LogP contribution in [0.2, 0.25) is 0 Å². The van der Waals surface area contributed by atoms with Crippen molar-refractivity contribution in [1.29, 1.82) is 5.26 Å². The van der Waals surface area contributed by atoms with E-state index < -0.39 is 5.91 Å². The van der Waals surface area contributed by atoms with E-state index in [9.17, 15) is 10.1 Å². The van der Waals surface area contributed by atoms with Crippen molar-refractivity contribution in [3.05, 3.63) is 64.7 Å². The third-order valence-corrected chi connectivity index (χ3v) is 6.01. The van der Waals surface area contributed by atoms with Crippen molar-refractivity contribution in [1.82, 2.24) is 5.32 Å². The van der Waals surface area contributed by atoms with E-state index in [1.54, 1.807) is 13.2 Å². The molecule has 5 heteroatoms. The molecule has 0 fully saturated rings. The number of nitriles is 1. The van der Waals surface area contributed by atoms with Gasteiger partial charge in [0.2, 0.25) is 0 Å². The van der Waals surface area contributed by atoms with E-state index in [4.69, 9.17) is 4.74 Å². The molecule has 5 nitrogen and oxygen atoms in total. The number of amides is 1. The molecule has 1 N–H and O–H groups in total. The van der Waals surface area contributed by atoms with Crippen LogP contribution < -0.4 is 15.0 Å². The molecule has 0 spiro atoms. The average molecular weight is 418 g/mol. The number of anilines is 1. The van der Waals surface area contributed by atoms with Crippen LogP contribution in [0.3, 0.4) is 0 Å². The lowest BCUT2D eigenvalue weighted by Crippen LogP contribution is -2.48. The molecule has 0 bridgehead atoms. The van der Waals surface area contributed by atoms with Gasteiger partial charge in [0.05, 0.1) is 7.11 Å². The van der Waals surface area contributed by atoms with Gasteiger partial charge in [0.1, 0.15) is 17.4 Å². The number of methoxy groups -OCH3 is 1. The Morgan fingerprint density at radius 1 is 1.32 bits per heavy atom. The minimum Gasteiger partial charge on any atom is -0.496 e. The Hall–Kier alpha value is -3.26. The van der Waals surface area contributed by atoms with Gasteiger partial charge in [-0.1, -0.05) is 37.3 Å². The predicted octanol–water partition coefficient (Wildman–Crippen LogP) is 5.03. The van der Waals surface area contributed by atoms with Crippen LogP contribution >= 0.6 is 0 Å². The van der Waals surface area contributed by atoms with Gasteiger partial charge in [-0.25, -0.2) is 0 Å². The molecule has 162 valence electrons. The van der Waals surface area contributed by atoms with E-state index in [2.05, 4.69) is 44.0 Å². The van der Waals surface area contributed by atoms with E-state index in [1.807, 2.05) is 42.5 Å². The molecule has 1 aliphatic rings. The molecule has 0 saturated carbocycles. The van der Waals surface area contributed by atoms with Gasteiger partial charge in [-0.2, -0.15) is 5.26 Å². The van der Waals surface area contributed by atoms with Gasteiger partial charge < -0.3 is 15.0 Å². The number of fused-ring (bicyclic) bond motifs is 1. The first-order chi connectivity index (χ1) is 14.8. The van der Waals surface area contributed by atoms with Gasteiger partial charge in [-0.05, 0) is 56.4 Å². The van der Waals surface area contributed by atoms with Gasteiger partial charge in [0, 0.05) is 35.9 Å². The maximum atomic E-state index is 12.6. The zero-order valence-corrected chi connectivity index (χ0v) is 19.0. The van der Waals surface area contributed by atoms with Crippen molar-refractivity contribution in [2.24, 2.45) is 0 Å². The number of ether oxygens (including phenoxy) is 1. The Morgan fingerprint density at radius 2 is 2.03 bits per heavy atom. The van der Waals surface area contributed by atoms with Crippen molar-refractivity contribution in [3.63, 3.8) is 0 Å². The molecule has 0 saturated heterocycles. The summed E-state index contributed by atoms with van der Waals surface area (Å²) < 4.78 is 5.65. The van der Waals surface area contributed by atoms with Crippen LogP contribution in [0.5, 0.6) is 5.75 Å². The van der Waals surface area contributed by atoms with Gasteiger partial charge in [-0.3, -0.25) is 4.79 Å². The van der Waals surface area contributed by atoms with Crippen LogP contribution in [0.1, 0.15) is 56.7 Å². The summed E-state index contributed by atoms with van der Waals surface area (Å²) in [7, 11) is 1.62. The largest absolute Gasteiger partial charge is 0.496 e. The molecule has 2 aromatic rings. The average Bonchev–Trinajstić information content (AvgIpc) is 2.76. The number of hydrogen-bond donors (Lipinski definition) is 1. The monoisotopic (exact) mass is 417 g/mol. The third kappa shape index (κ3) is 4.74. The Bertz CT molecular complexity index is 1020. The van der Waals surface area contributed by atoms with Crippen LogP contribution in [0.25, 0.3) is 6.08 Å². The SMILES string of the molecule is CCN1c2cc(OC)c(/C=C(\C#N)C(=O)NCc3ccccc3)cc2C(C)CC1(C)C. The molecule has 1 aliphatic heterocycles. The molecule has 31 heavy (non-hydrogen) atoms. The summed E-state index contributed by atoms with van der Waals surface area (Å²) in [4.78, 5) is 15.0. The number of carbonyl (C=O) groups is 1. The first-order valence-corrected chi connectivity index (χ1v) is 10.7. The summed E-state index contributed by atoms with van der Waals surface area (Å²) in [5.74, 6) is 0.629. The summed E-state index contributed by atoms with van der Waals surface area (Å²) in [6.45, 7) is 10.2. The minimum atomic E-state index is -0.393. The minimum absolute atomic E-state index is 0.0542. The molecule has 2 aromatic carbocycles. The van der Waals surface area contributed by atoms with Crippen LogP contribution in [-0.2, 0) is 11.3 Å². The molecule has 1 heterocycles. The Labute approximate surface area is 185 Å². The number of rotatable bonds is 6. The molecule has 1 amide bonds. The number of nitrogens with one attached hydrogen (secondary N) is 1. The summed E-state index contributed by atoms with van der Waals surface area (Å²) in [5, 5.41) is 12.5. The smallest absolute Gasteiger partial charge is 0.262 e. The lowest BCUT2D eigenvalue weighted by Gasteiger charge is -2.47. The second-order valence-electron chi connectivity index (χ2n) is 8.65. The number of benzene rings is 2. The van der Waals surface area contributed by atoms with Crippen molar-refractivity contribution >= 4 is 17.7 Å². The third-order valence-electron chi connectivity index (χ3n) is 6.01. The highest BCUT2D eigenvalue weighted by molar-refractivity contribution is 6.02. The van der Waals surface area contributed by atoms with E-state index in [0.717, 1.165) is 29.8 Å². The quantitative estimate of drug-likeness (QED) is 0.529. The number of carbonyl (C=O) groups excluding carboxylic acids is 1. The molecular formula is C26H31N3O2.